The zero-order valence-corrected chi connectivity index (χ0v) is 21.7. The molecule has 0 spiro atoms. The van der Waals surface area contributed by atoms with Gasteiger partial charge in [0.2, 0.25) is 5.91 Å². The van der Waals surface area contributed by atoms with Crippen LogP contribution in [0.1, 0.15) is 12.5 Å². The summed E-state index contributed by atoms with van der Waals surface area (Å²) in [5, 5.41) is 13.0. The van der Waals surface area contributed by atoms with Crippen molar-refractivity contribution in [3.05, 3.63) is 81.8 Å². The minimum atomic E-state index is -0.124. The van der Waals surface area contributed by atoms with Gasteiger partial charge >= 0.3 is 0 Å². The Morgan fingerprint density at radius 3 is 2.50 bits per heavy atom. The molecule has 1 amide bonds. The van der Waals surface area contributed by atoms with Crippen molar-refractivity contribution in [3.8, 4) is 22.8 Å². The van der Waals surface area contributed by atoms with Gasteiger partial charge in [0, 0.05) is 26.4 Å². The van der Waals surface area contributed by atoms with Gasteiger partial charge in [-0.3, -0.25) is 9.36 Å². The van der Waals surface area contributed by atoms with Gasteiger partial charge in [-0.15, -0.1) is 10.2 Å². The van der Waals surface area contributed by atoms with Crippen LogP contribution in [0.2, 0.25) is 5.02 Å². The van der Waals surface area contributed by atoms with E-state index in [2.05, 4.69) is 31.4 Å². The molecular weight excluding hydrogens is 536 g/mol. The number of anilines is 1. The van der Waals surface area contributed by atoms with Crippen LogP contribution in [0.5, 0.6) is 5.75 Å². The molecule has 0 saturated carbocycles. The summed E-state index contributed by atoms with van der Waals surface area (Å²) < 4.78 is 8.50. The maximum absolute atomic E-state index is 12.6. The highest BCUT2D eigenvalue weighted by Crippen LogP contribution is 2.30. The summed E-state index contributed by atoms with van der Waals surface area (Å²) in [6, 6.07) is 20.8. The van der Waals surface area contributed by atoms with E-state index in [0.29, 0.717) is 22.6 Å². The molecule has 1 heterocycles. The zero-order chi connectivity index (χ0) is 24.1. The first-order valence-corrected chi connectivity index (χ1v) is 12.7. The van der Waals surface area contributed by atoms with Gasteiger partial charge in [0.25, 0.3) is 0 Å². The Labute approximate surface area is 215 Å². The van der Waals surface area contributed by atoms with E-state index >= 15 is 0 Å². The molecule has 9 heteroatoms. The smallest absolute Gasteiger partial charge is 0.234 e. The van der Waals surface area contributed by atoms with Crippen LogP contribution in [0.4, 0.5) is 5.69 Å². The molecule has 0 aliphatic heterocycles. The van der Waals surface area contributed by atoms with Crippen LogP contribution in [0, 0.1) is 6.92 Å². The third-order valence-corrected chi connectivity index (χ3v) is 6.99. The first-order valence-electron chi connectivity index (χ1n) is 10.6. The second-order valence-electron chi connectivity index (χ2n) is 7.38. The Hall–Kier alpha value is -2.81. The number of hydrogen-bond donors (Lipinski definition) is 1. The summed E-state index contributed by atoms with van der Waals surface area (Å²) >= 11 is 10.9. The van der Waals surface area contributed by atoms with Crippen molar-refractivity contribution in [2.45, 2.75) is 19.0 Å². The summed E-state index contributed by atoms with van der Waals surface area (Å²) in [7, 11) is 0. The van der Waals surface area contributed by atoms with Gasteiger partial charge in [-0.05, 0) is 86.1 Å². The number of aryl methyl sites for hydroxylation is 1. The quantitative estimate of drug-likeness (QED) is 0.242. The minimum Gasteiger partial charge on any atom is -0.494 e. The van der Waals surface area contributed by atoms with Crippen LogP contribution >= 0.6 is 39.3 Å². The van der Waals surface area contributed by atoms with Crippen LogP contribution in [-0.2, 0) is 4.79 Å². The fraction of sp³-hybridized carbons (Fsp3) is 0.160. The summed E-state index contributed by atoms with van der Waals surface area (Å²) in [5.74, 6) is 1.50. The fourth-order valence-electron chi connectivity index (χ4n) is 3.29. The second kappa shape index (κ2) is 11.1. The fourth-order valence-corrected chi connectivity index (χ4v) is 4.41. The summed E-state index contributed by atoms with van der Waals surface area (Å²) in [6.45, 7) is 4.52. The molecule has 3 aromatic carbocycles. The minimum absolute atomic E-state index is 0.124. The molecule has 6 nitrogen and oxygen atoms in total. The Morgan fingerprint density at radius 1 is 1.09 bits per heavy atom. The number of amides is 1. The lowest BCUT2D eigenvalue weighted by Gasteiger charge is -2.12. The van der Waals surface area contributed by atoms with Gasteiger partial charge in [-0.25, -0.2) is 0 Å². The van der Waals surface area contributed by atoms with Crippen LogP contribution < -0.4 is 10.1 Å². The molecular formula is C25H22BrClN4O2S. The Morgan fingerprint density at radius 2 is 1.82 bits per heavy atom. The number of carbonyl (C=O) groups is 1. The highest BCUT2D eigenvalue weighted by Gasteiger charge is 2.18. The van der Waals surface area contributed by atoms with E-state index < -0.39 is 0 Å². The topological polar surface area (TPSA) is 69.0 Å². The lowest BCUT2D eigenvalue weighted by Crippen LogP contribution is -2.14. The van der Waals surface area contributed by atoms with E-state index in [1.54, 1.807) is 0 Å². The average molecular weight is 558 g/mol. The molecule has 4 aromatic rings. The van der Waals surface area contributed by atoms with Gasteiger partial charge in [0.05, 0.1) is 12.4 Å². The van der Waals surface area contributed by atoms with Crippen molar-refractivity contribution in [2.24, 2.45) is 0 Å². The number of nitrogens with one attached hydrogen (secondary N) is 1. The summed E-state index contributed by atoms with van der Waals surface area (Å²) in [4.78, 5) is 12.6. The van der Waals surface area contributed by atoms with Gasteiger partial charge < -0.3 is 10.1 Å². The van der Waals surface area contributed by atoms with Crippen molar-refractivity contribution in [1.82, 2.24) is 14.8 Å². The Bertz CT molecular complexity index is 1290. The monoisotopic (exact) mass is 556 g/mol. The molecule has 0 fully saturated rings. The highest BCUT2D eigenvalue weighted by atomic mass is 79.9. The first-order chi connectivity index (χ1) is 16.4. The highest BCUT2D eigenvalue weighted by molar-refractivity contribution is 9.10. The lowest BCUT2D eigenvalue weighted by atomic mass is 10.2. The molecule has 0 atom stereocenters. The van der Waals surface area contributed by atoms with Gasteiger partial charge in [-0.1, -0.05) is 39.3 Å². The van der Waals surface area contributed by atoms with Crippen molar-refractivity contribution < 1.29 is 9.53 Å². The predicted octanol–water partition coefficient (Wildman–Crippen LogP) is 6.79. The van der Waals surface area contributed by atoms with E-state index in [4.69, 9.17) is 16.3 Å². The van der Waals surface area contributed by atoms with Gasteiger partial charge in [-0.2, -0.15) is 0 Å². The van der Waals surface area contributed by atoms with Crippen LogP contribution in [0.25, 0.3) is 17.1 Å². The third kappa shape index (κ3) is 5.81. The molecule has 1 aromatic heterocycles. The predicted molar refractivity (Wildman–Crippen MR) is 141 cm³/mol. The van der Waals surface area contributed by atoms with E-state index in [1.807, 2.05) is 85.1 Å². The number of benzene rings is 3. The van der Waals surface area contributed by atoms with Crippen molar-refractivity contribution in [2.75, 3.05) is 17.7 Å². The maximum Gasteiger partial charge on any atom is 0.234 e. The number of rotatable bonds is 8. The molecule has 4 rings (SSSR count). The van der Waals surface area contributed by atoms with Crippen LogP contribution in [0.3, 0.4) is 0 Å². The van der Waals surface area contributed by atoms with Crippen molar-refractivity contribution in [3.63, 3.8) is 0 Å². The molecule has 1 N–H and O–H groups in total. The molecule has 0 bridgehead atoms. The number of thioether (sulfide) groups is 1. The summed E-state index contributed by atoms with van der Waals surface area (Å²) in [6.07, 6.45) is 0. The molecule has 0 aliphatic carbocycles. The number of hydrogen-bond acceptors (Lipinski definition) is 5. The molecule has 0 unspecified atom stereocenters. The second-order valence-corrected chi connectivity index (χ2v) is 9.61. The number of carbonyl (C=O) groups excluding carboxylic acids is 1. The standard InChI is InChI=1S/C25H22BrClN4O2S/c1-3-33-21-11-9-20(10-12-21)31-24(17-4-6-18(27)7-5-17)29-30-25(31)34-15-23(32)28-19-8-13-22(26)16(2)14-19/h4-14H,3,15H2,1-2H3,(H,28,32). The Kier molecular flexibility index (Phi) is 7.92. The molecule has 174 valence electrons. The van der Waals surface area contributed by atoms with E-state index in [9.17, 15) is 4.79 Å². The van der Waals surface area contributed by atoms with Crippen molar-refractivity contribution >= 4 is 50.9 Å². The SMILES string of the molecule is CCOc1ccc(-n2c(SCC(=O)Nc3ccc(Br)c(C)c3)nnc2-c2ccc(Cl)cc2)cc1. The molecule has 0 saturated heterocycles. The van der Waals surface area contributed by atoms with Gasteiger partial charge in [0.1, 0.15) is 5.75 Å². The van der Waals surface area contributed by atoms with E-state index in [-0.39, 0.29) is 11.7 Å². The van der Waals surface area contributed by atoms with Gasteiger partial charge in [0.15, 0.2) is 11.0 Å². The van der Waals surface area contributed by atoms with E-state index in [1.165, 1.54) is 11.8 Å². The largest absolute Gasteiger partial charge is 0.494 e. The Balaban J connectivity index is 1.59. The van der Waals surface area contributed by atoms with E-state index in [0.717, 1.165) is 32.7 Å². The first kappa shape index (κ1) is 24.3. The maximum atomic E-state index is 12.6. The number of ether oxygens (including phenoxy) is 1. The molecule has 0 radical (unpaired) electrons. The zero-order valence-electron chi connectivity index (χ0n) is 18.6. The molecule has 34 heavy (non-hydrogen) atoms. The van der Waals surface area contributed by atoms with Crippen LogP contribution in [0.15, 0.2) is 76.4 Å². The van der Waals surface area contributed by atoms with Crippen LogP contribution in [-0.4, -0.2) is 33.0 Å². The number of aromatic nitrogens is 3. The van der Waals surface area contributed by atoms with Crippen molar-refractivity contribution in [1.29, 1.82) is 0 Å². The molecule has 0 aliphatic rings. The third-order valence-electron chi connectivity index (χ3n) is 4.92. The number of halogens is 2. The summed E-state index contributed by atoms with van der Waals surface area (Å²) in [5.41, 5.74) is 3.53. The number of nitrogens with zero attached hydrogens (tertiary/aromatic N) is 3. The normalized spacial score (nSPS) is 10.8. The lowest BCUT2D eigenvalue weighted by molar-refractivity contribution is -0.113. The average Bonchev–Trinajstić information content (AvgIpc) is 3.25.